The fourth-order valence-electron chi connectivity index (χ4n) is 4.09. The standard InChI is InChI=1S/C23H35N3O3/c1-24(2)22(27)9-10-23(28)26-15-11-19-17-21(8-7-20(19)18-26)29-16-6-14-25-12-4-3-5-13-25/h7-8,17H,3-6,9-16,18H2,1-2H3. The number of carbonyl (C=O) groups excluding carboxylic acids is 2. The summed E-state index contributed by atoms with van der Waals surface area (Å²) in [5.74, 6) is 0.987. The van der Waals surface area contributed by atoms with Gasteiger partial charge >= 0.3 is 0 Å². The first-order chi connectivity index (χ1) is 14.0. The Morgan fingerprint density at radius 3 is 2.59 bits per heavy atom. The van der Waals surface area contributed by atoms with Crippen LogP contribution in [0.3, 0.4) is 0 Å². The van der Waals surface area contributed by atoms with Gasteiger partial charge in [0.2, 0.25) is 11.8 Å². The van der Waals surface area contributed by atoms with E-state index in [9.17, 15) is 9.59 Å². The van der Waals surface area contributed by atoms with Crippen LogP contribution in [0.1, 0.15) is 49.7 Å². The number of rotatable bonds is 8. The lowest BCUT2D eigenvalue weighted by atomic mass is 9.99. The van der Waals surface area contributed by atoms with E-state index >= 15 is 0 Å². The molecule has 160 valence electrons. The molecule has 1 aromatic rings. The Hall–Kier alpha value is -2.08. The summed E-state index contributed by atoms with van der Waals surface area (Å²) >= 11 is 0. The maximum absolute atomic E-state index is 12.4. The quantitative estimate of drug-likeness (QED) is 0.629. The molecule has 0 aliphatic carbocycles. The van der Waals surface area contributed by atoms with Gasteiger partial charge in [-0.25, -0.2) is 0 Å². The highest BCUT2D eigenvalue weighted by Gasteiger charge is 2.22. The lowest BCUT2D eigenvalue weighted by Crippen LogP contribution is -2.36. The summed E-state index contributed by atoms with van der Waals surface area (Å²) in [7, 11) is 3.44. The molecule has 3 rings (SSSR count). The number of amides is 2. The maximum Gasteiger partial charge on any atom is 0.223 e. The van der Waals surface area contributed by atoms with E-state index in [1.54, 1.807) is 14.1 Å². The van der Waals surface area contributed by atoms with Crippen LogP contribution in [0.4, 0.5) is 0 Å². The van der Waals surface area contributed by atoms with Crippen molar-refractivity contribution in [3.63, 3.8) is 0 Å². The molecule has 0 spiro atoms. The number of benzene rings is 1. The first-order valence-electron chi connectivity index (χ1n) is 11.0. The number of hydrogen-bond donors (Lipinski definition) is 0. The van der Waals surface area contributed by atoms with Gasteiger partial charge in [-0.05, 0) is 62.0 Å². The molecule has 0 saturated carbocycles. The van der Waals surface area contributed by atoms with Crippen molar-refractivity contribution in [2.24, 2.45) is 0 Å². The van der Waals surface area contributed by atoms with E-state index in [4.69, 9.17) is 4.74 Å². The van der Waals surface area contributed by atoms with Crippen molar-refractivity contribution in [3.05, 3.63) is 29.3 Å². The summed E-state index contributed by atoms with van der Waals surface area (Å²) in [6.45, 7) is 5.67. The van der Waals surface area contributed by atoms with Crippen LogP contribution in [-0.2, 0) is 22.6 Å². The van der Waals surface area contributed by atoms with Gasteiger partial charge in [0, 0.05) is 46.6 Å². The predicted molar refractivity (Wildman–Crippen MR) is 114 cm³/mol. The summed E-state index contributed by atoms with van der Waals surface area (Å²) in [4.78, 5) is 30.1. The van der Waals surface area contributed by atoms with Crippen LogP contribution in [-0.4, -0.2) is 73.4 Å². The van der Waals surface area contributed by atoms with E-state index in [0.717, 1.165) is 31.7 Å². The molecule has 2 amide bonds. The maximum atomic E-state index is 12.4. The molecule has 2 aliphatic heterocycles. The van der Waals surface area contributed by atoms with Crippen LogP contribution >= 0.6 is 0 Å². The Morgan fingerprint density at radius 1 is 1.03 bits per heavy atom. The summed E-state index contributed by atoms with van der Waals surface area (Å²) in [5, 5.41) is 0. The zero-order chi connectivity index (χ0) is 20.6. The molecule has 0 aromatic heterocycles. The Bertz CT molecular complexity index is 699. The smallest absolute Gasteiger partial charge is 0.223 e. The molecule has 6 heteroatoms. The number of ether oxygens (including phenoxy) is 1. The van der Waals surface area contributed by atoms with Gasteiger partial charge in [0.25, 0.3) is 0 Å². The first-order valence-corrected chi connectivity index (χ1v) is 11.0. The number of hydrogen-bond acceptors (Lipinski definition) is 4. The summed E-state index contributed by atoms with van der Waals surface area (Å²) in [6.07, 6.45) is 6.50. The summed E-state index contributed by atoms with van der Waals surface area (Å²) in [6, 6.07) is 6.23. The highest BCUT2D eigenvalue weighted by molar-refractivity contribution is 5.83. The fraction of sp³-hybridized carbons (Fsp3) is 0.652. The van der Waals surface area contributed by atoms with Gasteiger partial charge in [-0.3, -0.25) is 9.59 Å². The lowest BCUT2D eigenvalue weighted by molar-refractivity contribution is -0.136. The molecule has 0 unspecified atom stereocenters. The third kappa shape index (κ3) is 6.46. The summed E-state index contributed by atoms with van der Waals surface area (Å²) in [5.41, 5.74) is 2.45. The molecule has 0 atom stereocenters. The number of nitrogens with zero attached hydrogens (tertiary/aromatic N) is 3. The molecular weight excluding hydrogens is 366 g/mol. The van der Waals surface area contributed by atoms with Gasteiger partial charge in [0.1, 0.15) is 5.75 Å². The lowest BCUT2D eigenvalue weighted by Gasteiger charge is -2.29. The van der Waals surface area contributed by atoms with Crippen molar-refractivity contribution in [1.82, 2.24) is 14.7 Å². The highest BCUT2D eigenvalue weighted by Crippen LogP contribution is 2.24. The van der Waals surface area contributed by atoms with Crippen molar-refractivity contribution < 1.29 is 14.3 Å². The third-order valence-corrected chi connectivity index (χ3v) is 5.93. The van der Waals surface area contributed by atoms with E-state index in [1.807, 2.05) is 11.0 Å². The minimum atomic E-state index is -0.00200. The molecule has 0 N–H and O–H groups in total. The molecule has 0 radical (unpaired) electrons. The topological polar surface area (TPSA) is 53.1 Å². The number of carbonyl (C=O) groups is 2. The zero-order valence-corrected chi connectivity index (χ0v) is 18.0. The number of piperidine rings is 1. The normalized spacial score (nSPS) is 17.0. The minimum absolute atomic E-state index is 0.00200. The van der Waals surface area contributed by atoms with Crippen LogP contribution in [0, 0.1) is 0 Å². The molecule has 2 aliphatic rings. The molecule has 29 heavy (non-hydrogen) atoms. The Labute approximate surface area is 174 Å². The zero-order valence-electron chi connectivity index (χ0n) is 18.0. The van der Waals surface area contributed by atoms with Gasteiger partial charge in [-0.2, -0.15) is 0 Å². The highest BCUT2D eigenvalue weighted by atomic mass is 16.5. The van der Waals surface area contributed by atoms with Crippen LogP contribution in [0.15, 0.2) is 18.2 Å². The Balaban J connectivity index is 1.42. The molecule has 1 fully saturated rings. The first kappa shape index (κ1) is 21.6. The van der Waals surface area contributed by atoms with E-state index < -0.39 is 0 Å². The molecule has 1 aromatic carbocycles. The van der Waals surface area contributed by atoms with Crippen LogP contribution < -0.4 is 4.74 Å². The summed E-state index contributed by atoms with van der Waals surface area (Å²) < 4.78 is 5.98. The van der Waals surface area contributed by atoms with Crippen molar-refractivity contribution in [1.29, 1.82) is 0 Å². The second-order valence-corrected chi connectivity index (χ2v) is 8.39. The molecule has 6 nitrogen and oxygen atoms in total. The number of likely N-dealkylation sites (tertiary alicyclic amines) is 1. The van der Waals surface area contributed by atoms with Crippen LogP contribution in [0.25, 0.3) is 0 Å². The molecule has 0 bridgehead atoms. The van der Waals surface area contributed by atoms with E-state index in [-0.39, 0.29) is 24.7 Å². The average molecular weight is 402 g/mol. The van der Waals surface area contributed by atoms with Gasteiger partial charge in [0.05, 0.1) is 6.61 Å². The van der Waals surface area contributed by atoms with Gasteiger partial charge in [-0.15, -0.1) is 0 Å². The van der Waals surface area contributed by atoms with Crippen LogP contribution in [0.2, 0.25) is 0 Å². The predicted octanol–water partition coefficient (Wildman–Crippen LogP) is 2.69. The minimum Gasteiger partial charge on any atom is -0.494 e. The van der Waals surface area contributed by atoms with Gasteiger partial charge < -0.3 is 19.4 Å². The van der Waals surface area contributed by atoms with Crippen molar-refractivity contribution in [3.8, 4) is 5.75 Å². The Kier molecular flexibility index (Phi) is 7.92. The monoisotopic (exact) mass is 401 g/mol. The van der Waals surface area contributed by atoms with E-state index in [0.29, 0.717) is 13.1 Å². The van der Waals surface area contributed by atoms with Crippen molar-refractivity contribution in [2.75, 3.05) is 46.9 Å². The largest absolute Gasteiger partial charge is 0.494 e. The second-order valence-electron chi connectivity index (χ2n) is 8.39. The molecule has 1 saturated heterocycles. The van der Waals surface area contributed by atoms with Gasteiger partial charge in [0.15, 0.2) is 0 Å². The third-order valence-electron chi connectivity index (χ3n) is 5.93. The number of fused-ring (bicyclic) bond motifs is 1. The van der Waals surface area contributed by atoms with Crippen LogP contribution in [0.5, 0.6) is 5.75 Å². The SMILES string of the molecule is CN(C)C(=O)CCC(=O)N1CCc2cc(OCCCN3CCCCC3)ccc2C1. The molecular formula is C23H35N3O3. The van der Waals surface area contributed by atoms with E-state index in [2.05, 4.69) is 17.0 Å². The second kappa shape index (κ2) is 10.6. The van der Waals surface area contributed by atoms with E-state index in [1.165, 1.54) is 48.4 Å². The van der Waals surface area contributed by atoms with Crippen molar-refractivity contribution >= 4 is 11.8 Å². The fourth-order valence-corrected chi connectivity index (χ4v) is 4.09. The van der Waals surface area contributed by atoms with Crippen molar-refractivity contribution in [2.45, 2.75) is 51.5 Å². The Morgan fingerprint density at radius 2 is 1.83 bits per heavy atom. The average Bonchev–Trinajstić information content (AvgIpc) is 2.75. The van der Waals surface area contributed by atoms with Gasteiger partial charge in [-0.1, -0.05) is 12.5 Å². The molecule has 2 heterocycles.